The van der Waals surface area contributed by atoms with Crippen molar-refractivity contribution in [3.05, 3.63) is 78.7 Å². The lowest BCUT2D eigenvalue weighted by atomic mass is 10.0. The van der Waals surface area contributed by atoms with Crippen molar-refractivity contribution in [2.24, 2.45) is 0 Å². The van der Waals surface area contributed by atoms with Crippen LogP contribution in [0.1, 0.15) is 21.5 Å². The standard InChI is InChI=1S/C18H14N4O5S/c1-10-3-5-13(11(2)7-10)15-9-28-18(19-15)20-17(23)14-6-4-12(21(24)25)8-16(14)22(26)27/h3-9H,1-2H3,(H,19,20,23). The highest BCUT2D eigenvalue weighted by molar-refractivity contribution is 7.14. The first-order chi connectivity index (χ1) is 13.3. The van der Waals surface area contributed by atoms with Crippen molar-refractivity contribution in [1.29, 1.82) is 0 Å². The second-order valence-corrected chi connectivity index (χ2v) is 6.88. The van der Waals surface area contributed by atoms with Crippen molar-refractivity contribution in [1.82, 2.24) is 4.98 Å². The summed E-state index contributed by atoms with van der Waals surface area (Å²) in [6, 6.07) is 8.78. The predicted octanol–water partition coefficient (Wildman–Crippen LogP) is 4.50. The molecule has 0 bridgehead atoms. The third-order valence-electron chi connectivity index (χ3n) is 4.02. The number of hydrogen-bond donors (Lipinski definition) is 1. The number of non-ortho nitro benzene ring substituents is 1. The fraction of sp³-hybridized carbons (Fsp3) is 0.111. The summed E-state index contributed by atoms with van der Waals surface area (Å²) in [4.78, 5) is 37.2. The van der Waals surface area contributed by atoms with E-state index < -0.39 is 27.1 Å². The fourth-order valence-corrected chi connectivity index (χ4v) is 3.40. The Morgan fingerprint density at radius 2 is 1.82 bits per heavy atom. The van der Waals surface area contributed by atoms with Crippen LogP contribution in [0.25, 0.3) is 11.3 Å². The predicted molar refractivity (Wildman–Crippen MR) is 105 cm³/mol. The summed E-state index contributed by atoms with van der Waals surface area (Å²) in [5, 5.41) is 26.6. The van der Waals surface area contributed by atoms with E-state index in [-0.39, 0.29) is 10.7 Å². The molecule has 1 N–H and O–H groups in total. The average Bonchev–Trinajstić information content (AvgIpc) is 3.09. The molecule has 3 aromatic rings. The van der Waals surface area contributed by atoms with Crippen LogP contribution in [-0.4, -0.2) is 20.7 Å². The number of nitrogens with zero attached hydrogens (tertiary/aromatic N) is 3. The zero-order chi connectivity index (χ0) is 20.4. The van der Waals surface area contributed by atoms with Gasteiger partial charge in [0.05, 0.1) is 21.6 Å². The number of aromatic nitrogens is 1. The third kappa shape index (κ3) is 3.86. The summed E-state index contributed by atoms with van der Waals surface area (Å²) in [7, 11) is 0. The molecule has 0 aliphatic rings. The van der Waals surface area contributed by atoms with Crippen molar-refractivity contribution in [2.75, 3.05) is 5.32 Å². The van der Waals surface area contributed by atoms with Crippen LogP contribution in [0.5, 0.6) is 0 Å². The van der Waals surface area contributed by atoms with Crippen molar-refractivity contribution in [3.8, 4) is 11.3 Å². The molecule has 1 heterocycles. The smallest absolute Gasteiger partial charge is 0.289 e. The second-order valence-electron chi connectivity index (χ2n) is 6.03. The Kier molecular flexibility index (Phi) is 5.14. The maximum absolute atomic E-state index is 12.5. The third-order valence-corrected chi connectivity index (χ3v) is 4.77. The number of nitro groups is 2. The molecular weight excluding hydrogens is 384 g/mol. The van der Waals surface area contributed by atoms with Gasteiger partial charge in [-0.3, -0.25) is 30.3 Å². The number of thiazole rings is 1. The van der Waals surface area contributed by atoms with E-state index in [4.69, 9.17) is 0 Å². The molecule has 1 amide bonds. The zero-order valence-electron chi connectivity index (χ0n) is 14.8. The summed E-state index contributed by atoms with van der Waals surface area (Å²) < 4.78 is 0. The molecule has 0 radical (unpaired) electrons. The van der Waals surface area contributed by atoms with E-state index in [9.17, 15) is 25.0 Å². The largest absolute Gasteiger partial charge is 0.298 e. The highest BCUT2D eigenvalue weighted by atomic mass is 32.1. The molecule has 2 aromatic carbocycles. The molecule has 0 saturated heterocycles. The fourth-order valence-electron chi connectivity index (χ4n) is 2.70. The van der Waals surface area contributed by atoms with Crippen LogP contribution in [0.3, 0.4) is 0 Å². The minimum Gasteiger partial charge on any atom is -0.298 e. The van der Waals surface area contributed by atoms with Crippen LogP contribution >= 0.6 is 11.3 Å². The van der Waals surface area contributed by atoms with Gasteiger partial charge < -0.3 is 0 Å². The molecular formula is C18H14N4O5S. The van der Waals surface area contributed by atoms with E-state index >= 15 is 0 Å². The van der Waals surface area contributed by atoms with Gasteiger partial charge in [0.2, 0.25) is 0 Å². The lowest BCUT2D eigenvalue weighted by Crippen LogP contribution is -2.14. The summed E-state index contributed by atoms with van der Waals surface area (Å²) in [5.41, 5.74) is 2.37. The molecule has 10 heteroatoms. The van der Waals surface area contributed by atoms with E-state index in [2.05, 4.69) is 10.3 Å². The highest BCUT2D eigenvalue weighted by Crippen LogP contribution is 2.29. The van der Waals surface area contributed by atoms with Crippen molar-refractivity contribution in [3.63, 3.8) is 0 Å². The quantitative estimate of drug-likeness (QED) is 0.498. The molecule has 3 rings (SSSR count). The topological polar surface area (TPSA) is 128 Å². The Balaban J connectivity index is 1.87. The number of nitrogens with one attached hydrogen (secondary N) is 1. The first-order valence-electron chi connectivity index (χ1n) is 8.03. The lowest BCUT2D eigenvalue weighted by Gasteiger charge is -2.04. The maximum atomic E-state index is 12.5. The van der Waals surface area contributed by atoms with E-state index in [1.807, 2.05) is 32.0 Å². The molecule has 9 nitrogen and oxygen atoms in total. The van der Waals surface area contributed by atoms with E-state index in [0.29, 0.717) is 5.69 Å². The number of hydrogen-bond acceptors (Lipinski definition) is 7. The summed E-state index contributed by atoms with van der Waals surface area (Å²) in [6.45, 7) is 3.95. The number of aryl methyl sites for hydroxylation is 2. The second kappa shape index (κ2) is 7.53. The van der Waals surface area contributed by atoms with Gasteiger partial charge in [-0.1, -0.05) is 23.8 Å². The average molecular weight is 398 g/mol. The normalized spacial score (nSPS) is 10.5. The molecule has 0 unspecified atom stereocenters. The molecule has 0 saturated carbocycles. The summed E-state index contributed by atoms with van der Waals surface area (Å²) >= 11 is 1.18. The van der Waals surface area contributed by atoms with Gasteiger partial charge in [0.25, 0.3) is 17.3 Å². The first-order valence-corrected chi connectivity index (χ1v) is 8.91. The van der Waals surface area contributed by atoms with Crippen molar-refractivity contribution < 1.29 is 14.6 Å². The molecule has 0 fully saturated rings. The number of carbonyl (C=O) groups excluding carboxylic acids is 1. The minimum atomic E-state index is -0.829. The van der Waals surface area contributed by atoms with Gasteiger partial charge in [0.1, 0.15) is 5.56 Å². The van der Waals surface area contributed by atoms with E-state index in [1.54, 1.807) is 5.38 Å². The number of nitro benzene ring substituents is 2. The Morgan fingerprint density at radius 1 is 1.07 bits per heavy atom. The van der Waals surface area contributed by atoms with Crippen LogP contribution in [0.15, 0.2) is 41.8 Å². The SMILES string of the molecule is Cc1ccc(-c2csc(NC(=O)c3ccc([N+](=O)[O-])cc3[N+](=O)[O-])n2)c(C)c1. The van der Waals surface area contributed by atoms with Gasteiger partial charge in [-0.15, -0.1) is 11.3 Å². The Hall–Kier alpha value is -3.66. The van der Waals surface area contributed by atoms with Gasteiger partial charge in [-0.25, -0.2) is 4.98 Å². The monoisotopic (exact) mass is 398 g/mol. The Morgan fingerprint density at radius 3 is 2.46 bits per heavy atom. The van der Waals surface area contributed by atoms with Crippen molar-refractivity contribution >= 4 is 33.8 Å². The number of rotatable bonds is 5. The lowest BCUT2D eigenvalue weighted by molar-refractivity contribution is -0.394. The first kappa shape index (κ1) is 19.1. The number of carbonyl (C=O) groups is 1. The molecule has 28 heavy (non-hydrogen) atoms. The Bertz CT molecular complexity index is 1110. The van der Waals surface area contributed by atoms with Gasteiger partial charge in [0, 0.05) is 17.0 Å². The van der Waals surface area contributed by atoms with Gasteiger partial charge in [-0.2, -0.15) is 0 Å². The van der Waals surface area contributed by atoms with Crippen molar-refractivity contribution in [2.45, 2.75) is 13.8 Å². The molecule has 0 atom stereocenters. The Labute approximate surface area is 163 Å². The van der Waals surface area contributed by atoms with Crippen LogP contribution in [0, 0.1) is 34.1 Å². The van der Waals surface area contributed by atoms with Gasteiger partial charge >= 0.3 is 0 Å². The molecule has 1 aromatic heterocycles. The van der Waals surface area contributed by atoms with Gasteiger partial charge in [-0.05, 0) is 25.5 Å². The molecule has 0 aliphatic carbocycles. The van der Waals surface area contributed by atoms with E-state index in [1.165, 1.54) is 11.3 Å². The van der Waals surface area contributed by atoms with Crippen LogP contribution in [0.2, 0.25) is 0 Å². The zero-order valence-corrected chi connectivity index (χ0v) is 15.6. The van der Waals surface area contributed by atoms with Gasteiger partial charge in [0.15, 0.2) is 5.13 Å². The number of benzene rings is 2. The van der Waals surface area contributed by atoms with Crippen LogP contribution in [0.4, 0.5) is 16.5 Å². The van der Waals surface area contributed by atoms with Crippen LogP contribution in [-0.2, 0) is 0 Å². The van der Waals surface area contributed by atoms with E-state index in [0.717, 1.165) is 34.9 Å². The molecule has 0 spiro atoms. The maximum Gasteiger partial charge on any atom is 0.289 e. The summed E-state index contributed by atoms with van der Waals surface area (Å²) in [5.74, 6) is -0.761. The minimum absolute atomic E-state index is 0.271. The number of anilines is 1. The van der Waals surface area contributed by atoms with Crippen LogP contribution < -0.4 is 5.32 Å². The highest BCUT2D eigenvalue weighted by Gasteiger charge is 2.24. The molecule has 0 aliphatic heterocycles. The molecule has 142 valence electrons. The summed E-state index contributed by atoms with van der Waals surface area (Å²) in [6.07, 6.45) is 0. The number of amides is 1.